The molecule has 2 rings (SSSR count). The number of nitrogens with zero attached hydrogens (tertiary/aromatic N) is 3. The number of likely N-dealkylation sites (N-methyl/N-ethyl adjacent to an activating group) is 1. The molecule has 2 atom stereocenters. The number of carbonyl (C=O) groups excluding carboxylic acids is 3. The molecule has 8 nitrogen and oxygen atoms in total. The highest BCUT2D eigenvalue weighted by atomic mass is 32.2. The first-order valence-corrected chi connectivity index (χ1v) is 11.7. The van der Waals surface area contributed by atoms with Crippen LogP contribution in [0.4, 0.5) is 4.79 Å². The summed E-state index contributed by atoms with van der Waals surface area (Å²) in [6.45, 7) is 5.39. The molecule has 0 aromatic heterocycles. The number of fused-ring (bicyclic) bond motifs is 1. The van der Waals surface area contributed by atoms with Crippen LogP contribution in [-0.4, -0.2) is 71.0 Å². The number of ether oxygens (including phenoxy) is 1. The molecule has 0 radical (unpaired) electrons. The summed E-state index contributed by atoms with van der Waals surface area (Å²) in [5.41, 5.74) is 0. The van der Waals surface area contributed by atoms with Gasteiger partial charge in [0.05, 0.1) is 12.4 Å². The summed E-state index contributed by atoms with van der Waals surface area (Å²) < 4.78 is 5.27. The van der Waals surface area contributed by atoms with Gasteiger partial charge in [0, 0.05) is 13.6 Å². The Morgan fingerprint density at radius 3 is 2.52 bits per heavy atom. The lowest BCUT2D eigenvalue weighted by Crippen LogP contribution is -2.63. The van der Waals surface area contributed by atoms with E-state index in [4.69, 9.17) is 4.74 Å². The number of aliphatic imine (C=N–C) groups is 1. The van der Waals surface area contributed by atoms with E-state index in [1.807, 2.05) is 4.90 Å². The summed E-state index contributed by atoms with van der Waals surface area (Å²) in [4.78, 5) is 44.5. The van der Waals surface area contributed by atoms with Gasteiger partial charge >= 0.3 is 12.0 Å². The number of hydrogen-bond acceptors (Lipinski definition) is 7. The summed E-state index contributed by atoms with van der Waals surface area (Å²) in [5.74, 6) is -0.454. The zero-order valence-corrected chi connectivity index (χ0v) is 18.6. The standard InChI is InChI=1S/C20H34N4O4S/c1-4-6-8-9-10-12-24-16-17(23(3)19(27)22-18(16)26)21-20(24)29-14-15(25)28-13-11-7-5-2/h16-17H,4-14H2,1-3H3,(H,22,26,27). The first-order chi connectivity index (χ1) is 14.0. The lowest BCUT2D eigenvalue weighted by molar-refractivity contribution is -0.140. The van der Waals surface area contributed by atoms with E-state index >= 15 is 0 Å². The van der Waals surface area contributed by atoms with Gasteiger partial charge in [-0.1, -0.05) is 64.1 Å². The first kappa shape index (κ1) is 23.5. The molecule has 164 valence electrons. The van der Waals surface area contributed by atoms with Crippen LogP contribution in [0.5, 0.6) is 0 Å². The normalized spacial score (nSPS) is 21.1. The van der Waals surface area contributed by atoms with Crippen molar-refractivity contribution < 1.29 is 19.1 Å². The van der Waals surface area contributed by atoms with E-state index in [0.717, 1.165) is 38.5 Å². The number of amidine groups is 1. The van der Waals surface area contributed by atoms with E-state index in [2.05, 4.69) is 24.2 Å². The van der Waals surface area contributed by atoms with E-state index in [-0.39, 0.29) is 17.6 Å². The molecule has 29 heavy (non-hydrogen) atoms. The van der Waals surface area contributed by atoms with Crippen molar-refractivity contribution in [3.05, 3.63) is 0 Å². The summed E-state index contributed by atoms with van der Waals surface area (Å²) in [5, 5.41) is 3.04. The van der Waals surface area contributed by atoms with Crippen molar-refractivity contribution in [2.75, 3.05) is 26.0 Å². The fourth-order valence-electron chi connectivity index (χ4n) is 3.44. The van der Waals surface area contributed by atoms with E-state index in [0.29, 0.717) is 18.3 Å². The number of hydrogen-bond donors (Lipinski definition) is 1. The summed E-state index contributed by atoms with van der Waals surface area (Å²) in [7, 11) is 1.64. The molecular formula is C20H34N4O4S. The monoisotopic (exact) mass is 426 g/mol. The van der Waals surface area contributed by atoms with Gasteiger partial charge in [0.25, 0.3) is 5.91 Å². The predicted molar refractivity (Wildman–Crippen MR) is 115 cm³/mol. The Kier molecular flexibility index (Phi) is 9.76. The van der Waals surface area contributed by atoms with Crippen molar-refractivity contribution in [2.45, 2.75) is 77.4 Å². The zero-order chi connectivity index (χ0) is 21.2. The van der Waals surface area contributed by atoms with Crippen molar-refractivity contribution in [1.29, 1.82) is 0 Å². The molecule has 3 amide bonds. The number of unbranched alkanes of at least 4 members (excludes halogenated alkanes) is 6. The lowest BCUT2D eigenvalue weighted by Gasteiger charge is -2.36. The minimum atomic E-state index is -0.546. The van der Waals surface area contributed by atoms with Crippen LogP contribution in [-0.2, 0) is 14.3 Å². The molecule has 2 unspecified atom stereocenters. The lowest BCUT2D eigenvalue weighted by atomic mass is 10.1. The molecule has 0 saturated carbocycles. The SMILES string of the molecule is CCCCCCCN1C(SCC(=O)OCCCCC)=NC2C1C(=O)NC(=O)N2C. The van der Waals surface area contributed by atoms with Gasteiger partial charge in [0.1, 0.15) is 0 Å². The Morgan fingerprint density at radius 2 is 1.79 bits per heavy atom. The van der Waals surface area contributed by atoms with E-state index < -0.39 is 18.2 Å². The molecule has 0 aromatic carbocycles. The maximum Gasteiger partial charge on any atom is 0.325 e. The molecule has 9 heteroatoms. The molecule has 0 spiro atoms. The number of urea groups is 1. The molecular weight excluding hydrogens is 392 g/mol. The fourth-order valence-corrected chi connectivity index (χ4v) is 4.33. The van der Waals surface area contributed by atoms with E-state index in [9.17, 15) is 14.4 Å². The molecule has 2 aliphatic heterocycles. The third-order valence-corrected chi connectivity index (χ3v) is 6.13. The largest absolute Gasteiger partial charge is 0.465 e. The van der Waals surface area contributed by atoms with Gasteiger partial charge in [-0.05, 0) is 12.8 Å². The Hall–Kier alpha value is -1.77. The van der Waals surface area contributed by atoms with Gasteiger partial charge in [-0.3, -0.25) is 14.9 Å². The van der Waals surface area contributed by atoms with Gasteiger partial charge in [-0.2, -0.15) is 0 Å². The van der Waals surface area contributed by atoms with Gasteiger partial charge in [-0.15, -0.1) is 0 Å². The molecule has 0 aromatic rings. The summed E-state index contributed by atoms with van der Waals surface area (Å²) in [6.07, 6.45) is 7.99. The van der Waals surface area contributed by atoms with Gasteiger partial charge in [-0.25, -0.2) is 9.79 Å². The quantitative estimate of drug-likeness (QED) is 0.381. The van der Waals surface area contributed by atoms with Crippen molar-refractivity contribution in [3.63, 3.8) is 0 Å². The van der Waals surface area contributed by atoms with Crippen LogP contribution in [0.15, 0.2) is 4.99 Å². The molecule has 2 aliphatic rings. The predicted octanol–water partition coefficient (Wildman–Crippen LogP) is 2.97. The Morgan fingerprint density at radius 1 is 1.10 bits per heavy atom. The summed E-state index contributed by atoms with van der Waals surface area (Å²) >= 11 is 1.29. The molecule has 1 saturated heterocycles. The minimum Gasteiger partial charge on any atom is -0.465 e. The van der Waals surface area contributed by atoms with Crippen LogP contribution < -0.4 is 5.32 Å². The van der Waals surface area contributed by atoms with Crippen LogP contribution in [0.3, 0.4) is 0 Å². The topological polar surface area (TPSA) is 91.3 Å². The van der Waals surface area contributed by atoms with Crippen LogP contribution in [0.2, 0.25) is 0 Å². The maximum absolute atomic E-state index is 12.5. The second-order valence-electron chi connectivity index (χ2n) is 7.50. The third kappa shape index (κ3) is 6.62. The fraction of sp³-hybridized carbons (Fsp3) is 0.800. The van der Waals surface area contributed by atoms with Crippen LogP contribution in [0.25, 0.3) is 0 Å². The first-order valence-electron chi connectivity index (χ1n) is 10.7. The second kappa shape index (κ2) is 12.0. The number of nitrogens with one attached hydrogen (secondary N) is 1. The number of thioether (sulfide) groups is 1. The van der Waals surface area contributed by atoms with Crippen molar-refractivity contribution in [2.24, 2.45) is 4.99 Å². The second-order valence-corrected chi connectivity index (χ2v) is 8.44. The number of esters is 1. The van der Waals surface area contributed by atoms with Gasteiger partial charge < -0.3 is 14.5 Å². The van der Waals surface area contributed by atoms with Crippen LogP contribution in [0.1, 0.15) is 65.2 Å². The number of rotatable bonds is 12. The number of amides is 3. The highest BCUT2D eigenvalue weighted by molar-refractivity contribution is 8.14. The minimum absolute atomic E-state index is 0.149. The molecule has 0 bridgehead atoms. The van der Waals surface area contributed by atoms with E-state index in [1.54, 1.807) is 7.05 Å². The van der Waals surface area contributed by atoms with Crippen molar-refractivity contribution in [3.8, 4) is 0 Å². The van der Waals surface area contributed by atoms with Gasteiger partial charge in [0.2, 0.25) is 0 Å². The number of imide groups is 1. The van der Waals surface area contributed by atoms with Crippen molar-refractivity contribution in [1.82, 2.24) is 15.1 Å². The Balaban J connectivity index is 1.96. The molecule has 1 N–H and O–H groups in total. The smallest absolute Gasteiger partial charge is 0.325 e. The molecule has 1 fully saturated rings. The summed E-state index contributed by atoms with van der Waals surface area (Å²) in [6, 6.07) is -0.976. The van der Waals surface area contributed by atoms with E-state index in [1.165, 1.54) is 29.5 Å². The average molecular weight is 427 g/mol. The maximum atomic E-state index is 12.5. The zero-order valence-electron chi connectivity index (χ0n) is 17.8. The number of carbonyl (C=O) groups is 3. The average Bonchev–Trinajstić information content (AvgIpc) is 3.07. The third-order valence-electron chi connectivity index (χ3n) is 5.16. The Bertz CT molecular complexity index is 613. The molecule has 0 aliphatic carbocycles. The van der Waals surface area contributed by atoms with Crippen LogP contribution in [0, 0.1) is 0 Å². The highest BCUT2D eigenvalue weighted by Gasteiger charge is 2.48. The molecule has 2 heterocycles. The van der Waals surface area contributed by atoms with Crippen molar-refractivity contribution >= 4 is 34.8 Å². The van der Waals surface area contributed by atoms with Crippen LogP contribution >= 0.6 is 11.8 Å². The highest BCUT2D eigenvalue weighted by Crippen LogP contribution is 2.29. The Labute approximate surface area is 177 Å². The van der Waals surface area contributed by atoms with Gasteiger partial charge in [0.15, 0.2) is 17.4 Å².